The number of carboxylic acid groups (broad SMARTS) is 1. The topological polar surface area (TPSA) is 583 Å². The third-order valence-electron chi connectivity index (χ3n) is 17.6. The summed E-state index contributed by atoms with van der Waals surface area (Å²) in [6.07, 6.45) is 33.5. The minimum absolute atomic E-state index is 0.00502. The predicted octanol–water partition coefficient (Wildman–Crippen LogP) is 12.6. The number of rotatable bonds is 27. The minimum Gasteiger partial charge on any atom is -0.477 e. The van der Waals surface area contributed by atoms with Crippen molar-refractivity contribution in [2.75, 3.05) is 70.6 Å². The summed E-state index contributed by atoms with van der Waals surface area (Å²) in [6, 6.07) is 36.6. The van der Waals surface area contributed by atoms with E-state index in [2.05, 4.69) is 133 Å². The highest BCUT2D eigenvalue weighted by Gasteiger charge is 2.30. The van der Waals surface area contributed by atoms with Gasteiger partial charge in [-0.1, -0.05) is 102 Å². The van der Waals surface area contributed by atoms with Crippen molar-refractivity contribution in [3.8, 4) is 28.4 Å². The number of benzene rings is 5. The lowest BCUT2D eigenvalue weighted by molar-refractivity contribution is 0.0483. The Morgan fingerprint density at radius 2 is 0.744 bits per heavy atom. The molecule has 1 saturated carbocycles. The van der Waals surface area contributed by atoms with E-state index in [0.717, 1.165) is 65.5 Å². The fourth-order valence-corrected chi connectivity index (χ4v) is 13.4. The lowest BCUT2D eigenvalue weighted by Gasteiger charge is -2.33. The number of ether oxygens (including phenoxy) is 3. The third-order valence-corrected chi connectivity index (χ3v) is 20.2. The van der Waals surface area contributed by atoms with Gasteiger partial charge in [-0.3, -0.25) is 9.59 Å². The largest absolute Gasteiger partial charge is 0.477 e. The maximum Gasteiger partial charge on any atom is 0.407 e. The van der Waals surface area contributed by atoms with E-state index in [1.54, 1.807) is 87.9 Å². The number of aromatic nitrogens is 25. The molecule has 2 atom stereocenters. The molecule has 0 radical (unpaired) electrons. The van der Waals surface area contributed by atoms with Crippen molar-refractivity contribution < 1.29 is 48.1 Å². The molecule has 1 aliphatic rings. The predicted molar refractivity (Wildman–Crippen MR) is 502 cm³/mol. The lowest BCUT2D eigenvalue weighted by atomic mass is 9.90. The van der Waals surface area contributed by atoms with Crippen LogP contribution in [-0.2, 0) is 14.2 Å². The molecule has 686 valence electrons. The molecular formula is C84H89ClN34O10S4. The van der Waals surface area contributed by atoms with Gasteiger partial charge in [0.25, 0.3) is 11.8 Å². The number of carbonyl (C=O) groups is 6. The number of halogens is 1. The molecule has 15 aromatic rings. The van der Waals surface area contributed by atoms with Gasteiger partial charge >= 0.3 is 24.0 Å². The molecule has 10 heterocycles. The van der Waals surface area contributed by atoms with Crippen LogP contribution in [0.3, 0.4) is 0 Å². The number of nitrogen functional groups attached to an aromatic ring is 1. The molecule has 5 aromatic carbocycles. The number of thioether (sulfide) groups is 4. The van der Waals surface area contributed by atoms with Crippen LogP contribution in [0.4, 0.5) is 62.5 Å². The van der Waals surface area contributed by atoms with E-state index in [9.17, 15) is 33.9 Å². The summed E-state index contributed by atoms with van der Waals surface area (Å²) in [5, 5.41) is 70.9. The summed E-state index contributed by atoms with van der Waals surface area (Å²) in [7, 11) is 0. The molecule has 133 heavy (non-hydrogen) atoms. The van der Waals surface area contributed by atoms with Crippen molar-refractivity contribution in [3.63, 3.8) is 0 Å². The number of esters is 2. The molecule has 0 bridgehead atoms. The number of primary amides is 2. The van der Waals surface area contributed by atoms with E-state index in [1.807, 2.05) is 155 Å². The Labute approximate surface area is 781 Å². The molecule has 0 aliphatic heterocycles. The highest BCUT2D eigenvalue weighted by atomic mass is 35.5. The zero-order chi connectivity index (χ0) is 94.8. The second kappa shape index (κ2) is 48.6. The Kier molecular flexibility index (Phi) is 35.8. The number of anilines is 10. The smallest absolute Gasteiger partial charge is 0.407 e. The summed E-state index contributed by atoms with van der Waals surface area (Å²) in [4.78, 5) is 120. The molecule has 16 rings (SSSR count). The normalized spacial score (nSPS) is 12.3. The highest BCUT2D eigenvalue weighted by molar-refractivity contribution is 7.99. The average molecular weight is 1900 g/mol. The molecule has 3 amide bonds. The maximum atomic E-state index is 12.4. The Balaban J connectivity index is 0.000000159. The first-order valence-corrected chi connectivity index (χ1v) is 45.3. The molecule has 1 fully saturated rings. The Hall–Kier alpha value is -15.7. The maximum absolute atomic E-state index is 12.4. The van der Waals surface area contributed by atoms with E-state index in [1.165, 1.54) is 102 Å². The second-order valence-electron chi connectivity index (χ2n) is 28.0. The lowest BCUT2D eigenvalue weighted by Crippen LogP contribution is -2.50. The monoisotopic (exact) mass is 1900 g/mol. The van der Waals surface area contributed by atoms with Crippen LogP contribution < -0.4 is 49.1 Å². The molecule has 0 unspecified atom stereocenters. The molecule has 10 aromatic heterocycles. The van der Waals surface area contributed by atoms with Crippen LogP contribution in [0.5, 0.6) is 0 Å². The van der Waals surface area contributed by atoms with Gasteiger partial charge in [-0.05, 0) is 163 Å². The van der Waals surface area contributed by atoms with Crippen LogP contribution in [0.25, 0.3) is 28.4 Å². The SMILES string of the molecule is CC(C)(C)OC(=O)N[C@H]1CCCC[C@H]1Nc1ncc(C(N)=O)c(Nc2cccc(-n3nccn3)c2)n1.CCOC(=O)c1cnc(SC)nc1Cl.CCOC(=O)c1cnc(SC)nc1Nc1cccc(-n2nccn2)c1.CSc1ncc(C(=O)O)c(Nc2cccc(-n3nccn3)c2)n1.CSc1ncc(C(N)=O)c(Nc2cccc(-n3nccn3)c2)n1.Nc1cccc(-n2nccn2)c1. The van der Waals surface area contributed by atoms with Gasteiger partial charge in [-0.15, -0.1) is 0 Å². The van der Waals surface area contributed by atoms with Gasteiger partial charge in [0, 0.05) is 65.5 Å². The summed E-state index contributed by atoms with van der Waals surface area (Å²) in [5.74, 6) is -1.74. The average Bonchev–Trinajstić information content (AvgIpc) is 1.76. The minimum atomic E-state index is -1.09. The number of carboxylic acids is 1. The number of carbonyl (C=O) groups excluding carboxylic acids is 5. The van der Waals surface area contributed by atoms with Gasteiger partial charge < -0.3 is 68.4 Å². The van der Waals surface area contributed by atoms with Crippen LogP contribution in [0.1, 0.15) is 112 Å². The van der Waals surface area contributed by atoms with Gasteiger partial charge in [-0.25, -0.2) is 64.0 Å². The van der Waals surface area contributed by atoms with Crippen molar-refractivity contribution in [1.82, 2.24) is 130 Å². The van der Waals surface area contributed by atoms with Crippen molar-refractivity contribution in [1.29, 1.82) is 0 Å². The molecule has 0 saturated heterocycles. The van der Waals surface area contributed by atoms with Gasteiger partial charge in [0.1, 0.15) is 61.8 Å². The van der Waals surface area contributed by atoms with Gasteiger partial charge in [0.2, 0.25) is 5.95 Å². The number of hydrogen-bond acceptors (Lipinski definition) is 39. The van der Waals surface area contributed by atoms with Crippen LogP contribution in [-0.4, -0.2) is 222 Å². The fourth-order valence-electron chi connectivity index (χ4n) is 11.8. The van der Waals surface area contributed by atoms with E-state index in [4.69, 9.17) is 43.0 Å². The Morgan fingerprint density at radius 1 is 0.429 bits per heavy atom. The summed E-state index contributed by atoms with van der Waals surface area (Å²) < 4.78 is 15.3. The van der Waals surface area contributed by atoms with E-state index in [-0.39, 0.29) is 63.3 Å². The van der Waals surface area contributed by atoms with Crippen molar-refractivity contribution in [2.45, 2.75) is 98.6 Å². The first-order valence-electron chi connectivity index (χ1n) is 40.1. The van der Waals surface area contributed by atoms with E-state index < -0.39 is 41.4 Å². The van der Waals surface area contributed by atoms with Crippen molar-refractivity contribution >= 4 is 152 Å². The Bertz CT molecular complexity index is 6230. The zero-order valence-corrected chi connectivity index (χ0v) is 76.7. The number of alkyl carbamates (subject to hydrolysis) is 1. The summed E-state index contributed by atoms with van der Waals surface area (Å²) >= 11 is 11.2. The standard InChI is InChI=1S/C24H31N9O3.C16H16N6O2S.C14H13N7OS.C14H12N6O2S.C8H9ClN2O2S.C8H8N4/c1-24(2,3)36-23(35)31-19-10-5-4-9-18(19)30-22-26-14-17(20(25)34)21(32-22)29-15-7-6-8-16(13-15)33-27-11-12-28-33;1-3-24-15(23)13-10-17-16(25-2)21-14(13)20-11-5-4-6-12(9-11)22-18-7-8-19-22;1-23-14-16-8-11(12(15)22)13(20-14)19-9-3-2-4-10(7-9)21-17-5-6-18-21;1-23-14-15-8-11(13(21)22)12(19-14)18-9-3-2-4-10(7-9)20-16-5-6-17-20;1-3-13-7(12)5-4-10-8(14-2)11-6(5)9;9-7-2-1-3-8(6-7)12-10-4-5-11-12/h6-8,11-14,18-19H,4-5,9-10H2,1-3H3,(H2,25,34)(H,31,35)(H2,26,29,30,32);4-10H,3H2,1-2H3,(H,17,20,21);2-8H,1H3,(H2,15,22)(H,16,19,20);2-8H,1H3,(H,21,22)(H,15,18,19);4H,3H2,1-2H3;1-6H,9H2/t18-,19+;;;;;/m1...../s1. The number of nitrogens with one attached hydrogen (secondary N) is 6. The first-order chi connectivity index (χ1) is 64.3. The first kappa shape index (κ1) is 97.9. The third kappa shape index (κ3) is 29.2. The summed E-state index contributed by atoms with van der Waals surface area (Å²) in [5.41, 5.74) is 24.3. The van der Waals surface area contributed by atoms with Crippen LogP contribution in [0.2, 0.25) is 5.15 Å². The quantitative estimate of drug-likeness (QED) is 0.00571. The highest BCUT2D eigenvalue weighted by Crippen LogP contribution is 2.30. The molecular weight excluding hydrogens is 1810 g/mol. The van der Waals surface area contributed by atoms with Gasteiger partial charge in [0.05, 0.1) is 110 Å². The molecule has 1 aliphatic carbocycles. The molecule has 44 nitrogen and oxygen atoms in total. The van der Waals surface area contributed by atoms with E-state index >= 15 is 0 Å². The van der Waals surface area contributed by atoms with Crippen LogP contribution in [0, 0.1) is 0 Å². The molecule has 49 heteroatoms. The number of aromatic carboxylic acids is 1. The molecule has 0 spiro atoms. The van der Waals surface area contributed by atoms with E-state index in [0.29, 0.717) is 61.9 Å². The van der Waals surface area contributed by atoms with Gasteiger partial charge in [0.15, 0.2) is 20.6 Å². The molecule has 13 N–H and O–H groups in total. The van der Waals surface area contributed by atoms with Gasteiger partial charge in [-0.2, -0.15) is 80.0 Å². The Morgan fingerprint density at radius 3 is 1.10 bits per heavy atom. The number of hydrogen-bond donors (Lipinski definition) is 10. The van der Waals surface area contributed by atoms with Crippen molar-refractivity contribution in [3.05, 3.63) is 247 Å². The number of amides is 3. The second-order valence-corrected chi connectivity index (χ2v) is 31.5. The fraction of sp³-hybridized carbons (Fsp3) is 0.214. The number of nitrogens with zero attached hydrogens (tertiary/aromatic N) is 25. The van der Waals surface area contributed by atoms with Crippen LogP contribution >= 0.6 is 58.6 Å². The van der Waals surface area contributed by atoms with Crippen LogP contribution in [0.15, 0.2) is 235 Å². The zero-order valence-electron chi connectivity index (χ0n) is 72.6. The van der Waals surface area contributed by atoms with Crippen molar-refractivity contribution in [2.24, 2.45) is 11.5 Å². The number of nitrogens with two attached hydrogens (primary N) is 3. The summed E-state index contributed by atoms with van der Waals surface area (Å²) in [6.45, 7) is 9.54.